The molecule has 0 aliphatic heterocycles. The summed E-state index contributed by atoms with van der Waals surface area (Å²) < 4.78 is 9.14. The minimum atomic E-state index is 0.601. The van der Waals surface area contributed by atoms with Gasteiger partial charge in [0.2, 0.25) is 0 Å². The van der Waals surface area contributed by atoms with Gasteiger partial charge in [-0.3, -0.25) is 0 Å². The van der Waals surface area contributed by atoms with E-state index >= 15 is 0 Å². The first-order valence-electron chi connectivity index (χ1n) is 19.6. The van der Waals surface area contributed by atoms with Crippen molar-refractivity contribution in [1.29, 1.82) is 0 Å². The number of rotatable bonds is 5. The summed E-state index contributed by atoms with van der Waals surface area (Å²) in [6.07, 6.45) is 0. The highest BCUT2D eigenvalue weighted by atomic mass is 16.3. The highest BCUT2D eigenvalue weighted by Crippen LogP contribution is 2.36. The van der Waals surface area contributed by atoms with E-state index in [1.54, 1.807) is 0 Å². The van der Waals surface area contributed by atoms with Crippen molar-refractivity contribution >= 4 is 137 Å². The van der Waals surface area contributed by atoms with Gasteiger partial charge in [-0.05, 0) is 46.8 Å². The van der Waals surface area contributed by atoms with Crippen LogP contribution in [0.5, 0.6) is 0 Å². The van der Waals surface area contributed by atoms with E-state index in [4.69, 9.17) is 19.4 Å². The van der Waals surface area contributed by atoms with E-state index in [1.165, 1.54) is 71.2 Å². The van der Waals surface area contributed by atoms with E-state index < -0.39 is 0 Å². The Hall–Kier alpha value is -6.40. The SMILES string of the molecule is Bc1c(B)c(B)c2c(c1B)c1c(B)c(-c3ccccc3)c(B)c(B)c1n2-c1ccc2oc3cc(-c4nc(-c5ccccc5)nc(-c5ccccc5)n4)ccc3c2c1. The van der Waals surface area contributed by atoms with E-state index in [-0.39, 0.29) is 0 Å². The van der Waals surface area contributed by atoms with E-state index in [2.05, 4.69) is 126 Å². The molecule has 7 aromatic carbocycles. The molecule has 0 saturated heterocycles. The lowest BCUT2D eigenvalue weighted by atomic mass is 9.64. The normalized spacial score (nSPS) is 11.6. The van der Waals surface area contributed by atoms with Gasteiger partial charge in [-0.25, -0.2) is 15.0 Å². The lowest BCUT2D eigenvalue weighted by molar-refractivity contribution is 0.669. The van der Waals surface area contributed by atoms with Crippen LogP contribution in [0.1, 0.15) is 0 Å². The van der Waals surface area contributed by atoms with E-state index in [0.717, 1.165) is 44.3 Å². The van der Waals surface area contributed by atoms with E-state index in [9.17, 15) is 0 Å². The average molecular weight is 723 g/mol. The van der Waals surface area contributed by atoms with Crippen LogP contribution in [0.25, 0.3) is 94.7 Å². The Labute approximate surface area is 337 Å². The molecule has 5 nitrogen and oxygen atoms in total. The average Bonchev–Trinajstić information content (AvgIpc) is 3.81. The van der Waals surface area contributed by atoms with Crippen molar-refractivity contribution in [2.24, 2.45) is 0 Å². The maximum absolute atomic E-state index is 6.62. The Bertz CT molecular complexity index is 3200. The summed E-state index contributed by atoms with van der Waals surface area (Å²) in [5, 5.41) is 4.79. The van der Waals surface area contributed by atoms with Gasteiger partial charge < -0.3 is 8.98 Å². The number of hydrogen-bond donors (Lipinski definition) is 0. The van der Waals surface area contributed by atoms with Crippen LogP contribution in [0.15, 0.2) is 132 Å². The number of benzene rings is 7. The smallest absolute Gasteiger partial charge is 0.164 e. The quantitative estimate of drug-likeness (QED) is 0.222. The van der Waals surface area contributed by atoms with Gasteiger partial charge in [0.1, 0.15) is 66.1 Å². The largest absolute Gasteiger partial charge is 0.456 e. The second-order valence-corrected chi connectivity index (χ2v) is 15.4. The third kappa shape index (κ3) is 5.45. The number of nitrogens with zero attached hydrogens (tertiary/aromatic N) is 4. The van der Waals surface area contributed by atoms with Gasteiger partial charge >= 0.3 is 0 Å². The minimum Gasteiger partial charge on any atom is -0.456 e. The molecule has 3 heterocycles. The fourth-order valence-corrected chi connectivity index (χ4v) is 8.99. The second kappa shape index (κ2) is 13.4. The molecule has 0 atom stereocenters. The lowest BCUT2D eigenvalue weighted by Gasteiger charge is -2.18. The molecule has 3 aromatic heterocycles. The maximum atomic E-state index is 6.62. The van der Waals surface area contributed by atoms with Crippen molar-refractivity contribution in [2.45, 2.75) is 0 Å². The molecular weight excluding hydrogens is 688 g/mol. The first-order valence-corrected chi connectivity index (χ1v) is 19.6. The molecule has 262 valence electrons. The van der Waals surface area contributed by atoms with Gasteiger partial charge in [-0.2, -0.15) is 0 Å². The summed E-state index contributed by atoms with van der Waals surface area (Å²) >= 11 is 0. The molecule has 0 radical (unpaired) electrons. The molecule has 0 fully saturated rings. The Morgan fingerprint density at radius 2 is 0.895 bits per heavy atom. The zero-order chi connectivity index (χ0) is 39.1. The standard InChI is InChI=1S/C45H35B7N4O/c46-34-31(22-10-4-1-5-11-22)35(47)39(51)41-32(34)33-36(48)37(49)38(50)40(52)42(33)56(41)26-17-19-29-28(21-26)27-18-16-25(20-30(27)57-29)45-54-43(23-12-6-2-7-13-23)53-44(55-45)24-14-8-3-9-15-24/h1-21H,46-52H2. The summed E-state index contributed by atoms with van der Waals surface area (Å²) in [5.41, 5.74) is 19.9. The molecule has 0 bridgehead atoms. The van der Waals surface area contributed by atoms with Crippen LogP contribution >= 0.6 is 0 Å². The predicted molar refractivity (Wildman–Crippen MR) is 260 cm³/mol. The van der Waals surface area contributed by atoms with Crippen LogP contribution in [0.3, 0.4) is 0 Å². The molecular formula is C45H35B7N4O. The summed E-state index contributed by atoms with van der Waals surface area (Å²) in [5.74, 6) is 1.86. The fraction of sp³-hybridized carbons (Fsp3) is 0. The van der Waals surface area contributed by atoms with Gasteiger partial charge in [0.25, 0.3) is 0 Å². The summed E-state index contributed by atoms with van der Waals surface area (Å²) in [7, 11) is 16.0. The lowest BCUT2D eigenvalue weighted by Crippen LogP contribution is -2.48. The highest BCUT2D eigenvalue weighted by molar-refractivity contribution is 6.69. The summed E-state index contributed by atoms with van der Waals surface area (Å²) in [6, 6.07) is 44.0. The van der Waals surface area contributed by atoms with E-state index in [0.29, 0.717) is 17.5 Å². The molecule has 0 aliphatic carbocycles. The minimum absolute atomic E-state index is 0.601. The molecule has 0 N–H and O–H groups in total. The topological polar surface area (TPSA) is 56.7 Å². The van der Waals surface area contributed by atoms with Crippen molar-refractivity contribution in [2.75, 3.05) is 0 Å². The Kier molecular flexibility index (Phi) is 8.22. The Balaban J connectivity index is 1.19. The van der Waals surface area contributed by atoms with Crippen molar-refractivity contribution in [3.63, 3.8) is 0 Å². The molecule has 10 aromatic rings. The highest BCUT2D eigenvalue weighted by Gasteiger charge is 2.25. The van der Waals surface area contributed by atoms with Crippen LogP contribution in [0.2, 0.25) is 0 Å². The molecule has 12 heteroatoms. The summed E-state index contributed by atoms with van der Waals surface area (Å²) in [4.78, 5) is 14.8. The van der Waals surface area contributed by atoms with Gasteiger partial charge in [-0.1, -0.05) is 130 Å². The van der Waals surface area contributed by atoms with Gasteiger partial charge in [0.15, 0.2) is 17.5 Å². The second-order valence-electron chi connectivity index (χ2n) is 15.4. The Morgan fingerprint density at radius 3 is 1.49 bits per heavy atom. The Morgan fingerprint density at radius 1 is 0.386 bits per heavy atom. The molecule has 0 amide bonds. The molecule has 10 rings (SSSR count). The molecule has 0 unspecified atom stereocenters. The van der Waals surface area contributed by atoms with Crippen molar-refractivity contribution in [1.82, 2.24) is 19.5 Å². The molecule has 0 aliphatic rings. The first-order chi connectivity index (χ1) is 27.7. The predicted octanol–water partition coefficient (Wildman–Crippen LogP) is -0.655. The van der Waals surface area contributed by atoms with E-state index in [1.807, 2.05) is 60.7 Å². The van der Waals surface area contributed by atoms with Crippen LogP contribution < -0.4 is 38.2 Å². The number of fused-ring (bicyclic) bond motifs is 6. The van der Waals surface area contributed by atoms with Crippen molar-refractivity contribution in [3.8, 4) is 51.0 Å². The van der Waals surface area contributed by atoms with Crippen molar-refractivity contribution < 1.29 is 4.42 Å². The van der Waals surface area contributed by atoms with Crippen LogP contribution in [-0.4, -0.2) is 74.4 Å². The molecule has 0 saturated carbocycles. The van der Waals surface area contributed by atoms with Gasteiger partial charge in [0, 0.05) is 49.6 Å². The van der Waals surface area contributed by atoms with Gasteiger partial charge in [-0.15, -0.1) is 5.46 Å². The molecule has 57 heavy (non-hydrogen) atoms. The monoisotopic (exact) mass is 724 g/mol. The zero-order valence-electron chi connectivity index (χ0n) is 33.3. The number of furan rings is 1. The first kappa shape index (κ1) is 35.0. The zero-order valence-corrected chi connectivity index (χ0v) is 33.3. The summed E-state index contributed by atoms with van der Waals surface area (Å²) in [6.45, 7) is 0. The molecule has 0 spiro atoms. The van der Waals surface area contributed by atoms with Crippen molar-refractivity contribution in [3.05, 3.63) is 127 Å². The number of hydrogen-bond acceptors (Lipinski definition) is 4. The third-order valence-corrected chi connectivity index (χ3v) is 12.4. The number of aromatic nitrogens is 4. The van der Waals surface area contributed by atoms with Crippen LogP contribution in [-0.2, 0) is 0 Å². The van der Waals surface area contributed by atoms with Crippen LogP contribution in [0, 0.1) is 0 Å². The fourth-order valence-electron chi connectivity index (χ4n) is 8.99. The maximum Gasteiger partial charge on any atom is 0.164 e. The van der Waals surface area contributed by atoms with Crippen LogP contribution in [0.4, 0.5) is 0 Å². The van der Waals surface area contributed by atoms with Gasteiger partial charge in [0.05, 0.1) is 0 Å². The third-order valence-electron chi connectivity index (χ3n) is 12.4.